The van der Waals surface area contributed by atoms with Gasteiger partial charge >= 0.3 is 0 Å². The Kier molecular flexibility index (Phi) is 3.92. The van der Waals surface area contributed by atoms with Gasteiger partial charge in [-0.05, 0) is 12.5 Å². The monoisotopic (exact) mass is 114 g/mol. The van der Waals surface area contributed by atoms with Crippen LogP contribution in [0.3, 0.4) is 0 Å². The van der Waals surface area contributed by atoms with Gasteiger partial charge in [0.05, 0.1) is 0 Å². The molecule has 0 rings (SSSR count). The third kappa shape index (κ3) is 2.33. The van der Waals surface area contributed by atoms with Crippen LogP contribution in [0.2, 0.25) is 0 Å². The van der Waals surface area contributed by atoms with E-state index >= 15 is 0 Å². The summed E-state index contributed by atoms with van der Waals surface area (Å²) < 4.78 is 0. The van der Waals surface area contributed by atoms with Gasteiger partial charge in [0, 0.05) is 6.67 Å². The van der Waals surface area contributed by atoms with E-state index in [1.807, 2.05) is 7.98 Å². The fraction of sp³-hybridized carbons (Fsp3) is 1.00. The van der Waals surface area contributed by atoms with E-state index in [9.17, 15) is 0 Å². The summed E-state index contributed by atoms with van der Waals surface area (Å²) in [4.78, 5) is 2.12. The quantitative estimate of drug-likeness (QED) is 0.397. The van der Waals surface area contributed by atoms with Gasteiger partial charge in [-0.2, -0.15) is 0 Å². The first-order valence-electron chi connectivity index (χ1n) is 3.12. The van der Waals surface area contributed by atoms with Crippen LogP contribution in [-0.4, -0.2) is 25.5 Å². The average molecular weight is 114 g/mol. The molecule has 0 aliphatic carbocycles. The highest BCUT2D eigenvalue weighted by Gasteiger charge is 2.01. The minimum atomic E-state index is 0.625. The molecule has 0 aromatic heterocycles. The van der Waals surface area contributed by atoms with E-state index in [-0.39, 0.29) is 0 Å². The van der Waals surface area contributed by atoms with Crippen molar-refractivity contribution in [3.05, 3.63) is 0 Å². The molecule has 0 aliphatic heterocycles. The molecule has 2 nitrogen and oxygen atoms in total. The van der Waals surface area contributed by atoms with Crippen LogP contribution in [0.4, 0.5) is 0 Å². The first kappa shape index (κ1) is 7.98. The highest BCUT2D eigenvalue weighted by Crippen LogP contribution is 1.94. The molecule has 0 heterocycles. The fourth-order valence-corrected chi connectivity index (χ4v) is 0.492. The van der Waals surface area contributed by atoms with Crippen LogP contribution in [0, 0.1) is 0 Å². The lowest BCUT2D eigenvalue weighted by Crippen LogP contribution is -2.34. The zero-order valence-corrected chi connectivity index (χ0v) is 6.02. The van der Waals surface area contributed by atoms with E-state index in [2.05, 4.69) is 18.7 Å². The predicted molar refractivity (Wildman–Crippen MR) is 39.2 cm³/mol. The van der Waals surface area contributed by atoms with Crippen molar-refractivity contribution in [1.82, 2.24) is 4.81 Å². The maximum atomic E-state index is 5.37. The zero-order valence-electron chi connectivity index (χ0n) is 6.02. The Morgan fingerprint density at radius 3 is 2.38 bits per heavy atom. The first-order chi connectivity index (χ1) is 3.72. The molecule has 0 aromatic carbocycles. The van der Waals surface area contributed by atoms with E-state index < -0.39 is 0 Å². The van der Waals surface area contributed by atoms with Crippen molar-refractivity contribution in [2.75, 3.05) is 6.67 Å². The van der Waals surface area contributed by atoms with E-state index in [4.69, 9.17) is 5.73 Å². The Morgan fingerprint density at radius 1 is 1.75 bits per heavy atom. The van der Waals surface area contributed by atoms with Crippen molar-refractivity contribution in [3.63, 3.8) is 0 Å². The van der Waals surface area contributed by atoms with E-state index in [0.717, 1.165) is 0 Å². The molecule has 0 aromatic rings. The lowest BCUT2D eigenvalue weighted by atomic mass is 10.1. The molecule has 0 aliphatic rings. The molecule has 48 valence electrons. The molecule has 0 amide bonds. The Bertz CT molecular complexity index is 50.4. The molecule has 2 N–H and O–H groups in total. The minimum absolute atomic E-state index is 0.625. The number of nitrogens with two attached hydrogens (primary N) is 1. The summed E-state index contributed by atoms with van der Waals surface area (Å²) in [6.07, 6.45) is 1.17. The molecule has 3 heteroatoms. The second-order valence-electron chi connectivity index (χ2n) is 2.20. The summed E-state index contributed by atoms with van der Waals surface area (Å²) in [5.74, 6) is 0. The van der Waals surface area contributed by atoms with Crippen molar-refractivity contribution in [3.8, 4) is 0 Å². The van der Waals surface area contributed by atoms with Crippen molar-refractivity contribution in [1.29, 1.82) is 0 Å². The van der Waals surface area contributed by atoms with Gasteiger partial charge in [-0.25, -0.2) is 0 Å². The fourth-order valence-electron chi connectivity index (χ4n) is 0.492. The SMILES string of the molecule is BN(CN)C(C)CC. The van der Waals surface area contributed by atoms with Crippen molar-refractivity contribution in [2.24, 2.45) is 5.73 Å². The first-order valence-corrected chi connectivity index (χ1v) is 3.12. The highest BCUT2D eigenvalue weighted by molar-refractivity contribution is 6.04. The maximum absolute atomic E-state index is 5.37. The predicted octanol–water partition coefficient (Wildman–Crippen LogP) is -0.449. The van der Waals surface area contributed by atoms with Gasteiger partial charge in [-0.3, -0.25) is 0 Å². The molecule has 8 heavy (non-hydrogen) atoms. The van der Waals surface area contributed by atoms with Crippen molar-refractivity contribution >= 4 is 7.98 Å². The lowest BCUT2D eigenvalue weighted by Gasteiger charge is -2.21. The van der Waals surface area contributed by atoms with Gasteiger partial charge in [0.2, 0.25) is 0 Å². The number of hydrogen-bond donors (Lipinski definition) is 1. The average Bonchev–Trinajstić information content (AvgIpc) is 1.84. The molecule has 0 radical (unpaired) electrons. The molecule has 0 saturated heterocycles. The molecule has 0 bridgehead atoms. The number of rotatable bonds is 3. The molecule has 0 spiro atoms. The largest absolute Gasteiger partial charge is 0.335 e. The summed E-state index contributed by atoms with van der Waals surface area (Å²) in [5, 5.41) is 0. The topological polar surface area (TPSA) is 29.3 Å². The third-order valence-corrected chi connectivity index (χ3v) is 1.63. The Morgan fingerprint density at radius 2 is 2.25 bits per heavy atom. The maximum Gasteiger partial charge on any atom is 0.187 e. The van der Waals surface area contributed by atoms with Crippen molar-refractivity contribution < 1.29 is 0 Å². The molecule has 0 saturated carbocycles. The van der Waals surface area contributed by atoms with Gasteiger partial charge < -0.3 is 10.5 Å². The molecule has 0 fully saturated rings. The van der Waals surface area contributed by atoms with Crippen LogP contribution in [0.15, 0.2) is 0 Å². The Hall–Kier alpha value is -0.0151. The lowest BCUT2D eigenvalue weighted by molar-refractivity contribution is 0.358. The van der Waals surface area contributed by atoms with Crippen LogP contribution < -0.4 is 5.73 Å². The summed E-state index contributed by atoms with van der Waals surface area (Å²) in [5.41, 5.74) is 5.37. The molecule has 1 atom stereocenters. The van der Waals surface area contributed by atoms with Crippen molar-refractivity contribution in [2.45, 2.75) is 26.3 Å². The van der Waals surface area contributed by atoms with Crippen LogP contribution in [0.1, 0.15) is 20.3 Å². The van der Waals surface area contributed by atoms with Crippen LogP contribution >= 0.6 is 0 Å². The van der Waals surface area contributed by atoms with Gasteiger partial charge in [0.1, 0.15) is 0 Å². The van der Waals surface area contributed by atoms with E-state index in [0.29, 0.717) is 12.7 Å². The van der Waals surface area contributed by atoms with E-state index in [1.165, 1.54) is 6.42 Å². The summed E-state index contributed by atoms with van der Waals surface area (Å²) in [6, 6.07) is 0.625. The van der Waals surface area contributed by atoms with Gasteiger partial charge in [0.15, 0.2) is 7.98 Å². The standard InChI is InChI=1S/C5H15BN2/c1-3-5(2)8(6)4-7/h5H,3-4,6-7H2,1-2H3. The van der Waals surface area contributed by atoms with Gasteiger partial charge in [-0.15, -0.1) is 0 Å². The smallest absolute Gasteiger partial charge is 0.187 e. The second-order valence-corrected chi connectivity index (χ2v) is 2.20. The molecule has 1 unspecified atom stereocenters. The van der Waals surface area contributed by atoms with Crippen LogP contribution in [-0.2, 0) is 0 Å². The number of nitrogens with zero attached hydrogens (tertiary/aromatic N) is 1. The normalized spacial score (nSPS) is 14.5. The summed E-state index contributed by atoms with van der Waals surface area (Å²) in [6.45, 7) is 5.00. The summed E-state index contributed by atoms with van der Waals surface area (Å²) >= 11 is 0. The minimum Gasteiger partial charge on any atom is -0.335 e. The van der Waals surface area contributed by atoms with Gasteiger partial charge in [-0.1, -0.05) is 13.8 Å². The molecular weight excluding hydrogens is 98.9 g/mol. The molecular formula is C5H15BN2. The highest BCUT2D eigenvalue weighted by atomic mass is 15.1. The Balaban J connectivity index is 3.29. The van der Waals surface area contributed by atoms with Gasteiger partial charge in [0.25, 0.3) is 0 Å². The Labute approximate surface area is 52.5 Å². The number of hydrogen-bond acceptors (Lipinski definition) is 2. The summed E-state index contributed by atoms with van der Waals surface area (Å²) in [7, 11) is 2.04. The second kappa shape index (κ2) is 3.92. The van der Waals surface area contributed by atoms with Crippen LogP contribution in [0.5, 0.6) is 0 Å². The van der Waals surface area contributed by atoms with E-state index in [1.54, 1.807) is 0 Å². The third-order valence-electron chi connectivity index (χ3n) is 1.63. The van der Waals surface area contributed by atoms with Crippen LogP contribution in [0.25, 0.3) is 0 Å². The zero-order chi connectivity index (χ0) is 6.57.